The smallest absolute Gasteiger partial charge is 0.322 e. The lowest BCUT2D eigenvalue weighted by Gasteiger charge is -2.35. The Hall–Kier alpha value is -2.76. The molecule has 2 aromatic heterocycles. The van der Waals surface area contributed by atoms with Crippen molar-refractivity contribution >= 4 is 22.6 Å². The van der Waals surface area contributed by atoms with Crippen LogP contribution in [0.2, 0.25) is 0 Å². The van der Waals surface area contributed by atoms with Crippen LogP contribution in [-0.2, 0) is 6.54 Å². The zero-order chi connectivity index (χ0) is 17.2. The number of amides is 2. The van der Waals surface area contributed by atoms with Crippen LogP contribution >= 0.6 is 0 Å². The molecule has 6 nitrogen and oxygen atoms in total. The summed E-state index contributed by atoms with van der Waals surface area (Å²) in [5, 5.41) is 11.2. The molecule has 1 atom stereocenters. The van der Waals surface area contributed by atoms with Gasteiger partial charge in [0.25, 0.3) is 0 Å². The molecule has 1 aromatic carbocycles. The molecule has 0 spiro atoms. The zero-order valence-corrected chi connectivity index (χ0v) is 14.4. The van der Waals surface area contributed by atoms with E-state index in [9.17, 15) is 4.79 Å². The topological polar surface area (TPSA) is 66.0 Å². The number of H-pyrrole nitrogens is 1. The van der Waals surface area contributed by atoms with Gasteiger partial charge in [0.2, 0.25) is 0 Å². The molecular formula is C19H23N5O. The summed E-state index contributed by atoms with van der Waals surface area (Å²) < 4.78 is 2.18. The molecule has 25 heavy (non-hydrogen) atoms. The first kappa shape index (κ1) is 15.7. The molecule has 0 saturated carbocycles. The van der Waals surface area contributed by atoms with Crippen LogP contribution < -0.4 is 5.32 Å². The third-order valence-electron chi connectivity index (χ3n) is 5.03. The third kappa shape index (κ3) is 2.99. The van der Waals surface area contributed by atoms with E-state index in [4.69, 9.17) is 0 Å². The van der Waals surface area contributed by atoms with Crippen molar-refractivity contribution in [3.63, 3.8) is 0 Å². The minimum atomic E-state index is -0.0418. The van der Waals surface area contributed by atoms with Crippen LogP contribution in [0.3, 0.4) is 0 Å². The van der Waals surface area contributed by atoms with Gasteiger partial charge in [-0.05, 0) is 49.8 Å². The van der Waals surface area contributed by atoms with E-state index in [1.54, 1.807) is 0 Å². The summed E-state index contributed by atoms with van der Waals surface area (Å²) in [4.78, 5) is 14.8. The van der Waals surface area contributed by atoms with E-state index < -0.39 is 0 Å². The Labute approximate surface area is 146 Å². The number of aryl methyl sites for hydroxylation is 1. The van der Waals surface area contributed by atoms with Crippen molar-refractivity contribution in [1.29, 1.82) is 0 Å². The number of likely N-dealkylation sites (tertiary alicyclic amines) is 1. The van der Waals surface area contributed by atoms with Crippen LogP contribution in [0.4, 0.5) is 10.5 Å². The van der Waals surface area contributed by atoms with Gasteiger partial charge in [0, 0.05) is 36.7 Å². The number of nitrogens with zero attached hydrogens (tertiary/aromatic N) is 3. The number of aromatic nitrogens is 3. The Morgan fingerprint density at radius 3 is 3.08 bits per heavy atom. The average Bonchev–Trinajstić information content (AvgIpc) is 3.31. The van der Waals surface area contributed by atoms with Crippen molar-refractivity contribution in [3.05, 3.63) is 48.4 Å². The molecule has 0 bridgehead atoms. The van der Waals surface area contributed by atoms with Crippen LogP contribution in [0.15, 0.2) is 42.9 Å². The quantitative estimate of drug-likeness (QED) is 0.754. The van der Waals surface area contributed by atoms with E-state index in [1.165, 1.54) is 5.39 Å². The number of nitrogens with one attached hydrogen (secondary N) is 2. The first-order valence-electron chi connectivity index (χ1n) is 8.91. The lowest BCUT2D eigenvalue weighted by molar-refractivity contribution is 0.163. The predicted octanol–water partition coefficient (Wildman–Crippen LogP) is 4.14. The minimum Gasteiger partial charge on any atom is -0.348 e. The lowest BCUT2D eigenvalue weighted by Crippen LogP contribution is -2.41. The van der Waals surface area contributed by atoms with Crippen molar-refractivity contribution < 1.29 is 4.79 Å². The highest BCUT2D eigenvalue weighted by molar-refractivity contribution is 5.93. The number of carbonyl (C=O) groups excluding carboxylic acids is 1. The molecule has 1 fully saturated rings. The summed E-state index contributed by atoms with van der Waals surface area (Å²) in [6.45, 7) is 3.80. The van der Waals surface area contributed by atoms with Crippen LogP contribution in [0.1, 0.15) is 37.8 Å². The average molecular weight is 337 g/mol. The second-order valence-corrected chi connectivity index (χ2v) is 6.54. The molecule has 2 N–H and O–H groups in total. The summed E-state index contributed by atoms with van der Waals surface area (Å²) in [5.74, 6) is 0. The van der Waals surface area contributed by atoms with E-state index in [1.807, 2.05) is 29.4 Å². The molecule has 3 heterocycles. The van der Waals surface area contributed by atoms with Crippen molar-refractivity contribution in [2.24, 2.45) is 0 Å². The summed E-state index contributed by atoms with van der Waals surface area (Å²) >= 11 is 0. The van der Waals surface area contributed by atoms with Gasteiger partial charge in [0.05, 0.1) is 17.8 Å². The van der Waals surface area contributed by atoms with Crippen molar-refractivity contribution in [2.45, 2.75) is 38.8 Å². The molecule has 0 aliphatic carbocycles. The fraction of sp³-hybridized carbons (Fsp3) is 0.368. The van der Waals surface area contributed by atoms with Gasteiger partial charge >= 0.3 is 6.03 Å². The Balaban J connectivity index is 1.56. The fourth-order valence-electron chi connectivity index (χ4n) is 3.70. The van der Waals surface area contributed by atoms with E-state index >= 15 is 0 Å². The number of aromatic amines is 1. The number of hydrogen-bond donors (Lipinski definition) is 2. The SMILES string of the molecule is CCn1ccc2ccc(NC(=O)N3CCCC[C@H]3c3cn[nH]c3)cc21. The van der Waals surface area contributed by atoms with E-state index in [2.05, 4.69) is 45.3 Å². The van der Waals surface area contributed by atoms with Gasteiger partial charge in [0.1, 0.15) is 0 Å². The van der Waals surface area contributed by atoms with Crippen LogP contribution in [0.25, 0.3) is 10.9 Å². The van der Waals surface area contributed by atoms with Crippen molar-refractivity contribution in [1.82, 2.24) is 19.7 Å². The van der Waals surface area contributed by atoms with E-state index in [0.717, 1.165) is 49.1 Å². The van der Waals surface area contributed by atoms with Gasteiger partial charge in [-0.2, -0.15) is 5.10 Å². The fourth-order valence-corrected chi connectivity index (χ4v) is 3.70. The van der Waals surface area contributed by atoms with Crippen molar-refractivity contribution in [3.8, 4) is 0 Å². The highest BCUT2D eigenvalue weighted by atomic mass is 16.2. The molecule has 1 aliphatic rings. The zero-order valence-electron chi connectivity index (χ0n) is 14.4. The highest BCUT2D eigenvalue weighted by Crippen LogP contribution is 2.31. The molecule has 0 unspecified atom stereocenters. The number of benzene rings is 1. The molecular weight excluding hydrogens is 314 g/mol. The Kier molecular flexibility index (Phi) is 4.17. The molecule has 3 aromatic rings. The Morgan fingerprint density at radius 2 is 2.28 bits per heavy atom. The van der Waals surface area contributed by atoms with Crippen LogP contribution in [0, 0.1) is 0 Å². The van der Waals surface area contributed by atoms with Gasteiger partial charge in [0.15, 0.2) is 0 Å². The van der Waals surface area contributed by atoms with E-state index in [0.29, 0.717) is 0 Å². The number of piperidine rings is 1. The molecule has 1 saturated heterocycles. The monoisotopic (exact) mass is 337 g/mol. The van der Waals surface area contributed by atoms with Gasteiger partial charge in [-0.15, -0.1) is 0 Å². The molecule has 1 aliphatic heterocycles. The molecule has 0 radical (unpaired) electrons. The summed E-state index contributed by atoms with van der Waals surface area (Å²) in [5.41, 5.74) is 3.05. The first-order valence-corrected chi connectivity index (χ1v) is 8.91. The summed E-state index contributed by atoms with van der Waals surface area (Å²) in [7, 11) is 0. The number of rotatable bonds is 3. The van der Waals surface area contributed by atoms with Gasteiger partial charge in [-0.3, -0.25) is 5.10 Å². The van der Waals surface area contributed by atoms with E-state index in [-0.39, 0.29) is 12.1 Å². The first-order chi connectivity index (χ1) is 12.3. The summed E-state index contributed by atoms with van der Waals surface area (Å²) in [6, 6.07) is 8.23. The van der Waals surface area contributed by atoms with Crippen molar-refractivity contribution in [2.75, 3.05) is 11.9 Å². The second-order valence-electron chi connectivity index (χ2n) is 6.54. The highest BCUT2D eigenvalue weighted by Gasteiger charge is 2.28. The maximum Gasteiger partial charge on any atom is 0.322 e. The predicted molar refractivity (Wildman–Crippen MR) is 98.5 cm³/mol. The number of anilines is 1. The third-order valence-corrected chi connectivity index (χ3v) is 5.03. The maximum absolute atomic E-state index is 12.9. The number of urea groups is 1. The Bertz CT molecular complexity index is 867. The van der Waals surface area contributed by atoms with Gasteiger partial charge < -0.3 is 14.8 Å². The minimum absolute atomic E-state index is 0.0418. The molecule has 130 valence electrons. The van der Waals surface area contributed by atoms with Gasteiger partial charge in [-0.25, -0.2) is 4.79 Å². The second kappa shape index (κ2) is 6.63. The molecule has 6 heteroatoms. The molecule has 2 amide bonds. The maximum atomic E-state index is 12.9. The van der Waals surface area contributed by atoms with Crippen LogP contribution in [0.5, 0.6) is 0 Å². The largest absolute Gasteiger partial charge is 0.348 e. The van der Waals surface area contributed by atoms with Crippen LogP contribution in [-0.4, -0.2) is 32.2 Å². The standard InChI is InChI=1S/C19H23N5O/c1-2-23-10-8-14-6-7-16(11-18(14)23)22-19(25)24-9-4-3-5-17(24)15-12-20-21-13-15/h6-8,10-13,17H,2-5,9H2,1H3,(H,20,21)(H,22,25)/t17-/m0/s1. The number of fused-ring (bicyclic) bond motifs is 1. The normalized spacial score (nSPS) is 17.8. The summed E-state index contributed by atoms with van der Waals surface area (Å²) in [6.07, 6.45) is 8.93. The number of hydrogen-bond acceptors (Lipinski definition) is 2. The van der Waals surface area contributed by atoms with Gasteiger partial charge in [-0.1, -0.05) is 6.07 Å². The number of carbonyl (C=O) groups is 1. The lowest BCUT2D eigenvalue weighted by atomic mass is 9.98. The molecule has 4 rings (SSSR count). The Morgan fingerprint density at radius 1 is 1.36 bits per heavy atom.